The summed E-state index contributed by atoms with van der Waals surface area (Å²) < 4.78 is 0.986. The summed E-state index contributed by atoms with van der Waals surface area (Å²) in [5, 5.41) is 13.7. The first-order valence-electron chi connectivity index (χ1n) is 11.5. The molecular weight excluding hydrogens is 510 g/mol. The van der Waals surface area contributed by atoms with Crippen LogP contribution < -0.4 is 5.32 Å². The van der Waals surface area contributed by atoms with Gasteiger partial charge in [-0.1, -0.05) is 88.7 Å². The molecule has 36 heavy (non-hydrogen) atoms. The van der Waals surface area contributed by atoms with E-state index in [-0.39, 0.29) is 5.91 Å². The Balaban J connectivity index is 1.44. The molecule has 0 bridgehead atoms. The van der Waals surface area contributed by atoms with E-state index >= 15 is 0 Å². The van der Waals surface area contributed by atoms with Crippen molar-refractivity contribution < 1.29 is 4.79 Å². The van der Waals surface area contributed by atoms with Crippen molar-refractivity contribution in [2.24, 2.45) is 10.2 Å². The Hall–Kier alpha value is -4.35. The van der Waals surface area contributed by atoms with Gasteiger partial charge in [0.15, 0.2) is 0 Å². The van der Waals surface area contributed by atoms with Crippen LogP contribution in [0.2, 0.25) is 0 Å². The van der Waals surface area contributed by atoms with Gasteiger partial charge in [0.2, 0.25) is 0 Å². The molecule has 1 amide bonds. The summed E-state index contributed by atoms with van der Waals surface area (Å²) in [5.74, 6) is -0.187. The fourth-order valence-corrected chi connectivity index (χ4v) is 4.14. The third-order valence-corrected chi connectivity index (χ3v) is 6.20. The lowest BCUT2D eigenvalue weighted by molar-refractivity contribution is -0.111. The van der Waals surface area contributed by atoms with E-state index in [9.17, 15) is 4.79 Å². The summed E-state index contributed by atoms with van der Waals surface area (Å²) >= 11 is 3.48. The average molecular weight is 532 g/mol. The molecule has 0 aliphatic heterocycles. The van der Waals surface area contributed by atoms with Gasteiger partial charge in [0.05, 0.1) is 11.4 Å². The Labute approximate surface area is 218 Å². The number of hydrogen-bond acceptors (Lipinski definition) is 3. The lowest BCUT2D eigenvalue weighted by Gasteiger charge is -2.13. The van der Waals surface area contributed by atoms with Crippen molar-refractivity contribution in [1.29, 1.82) is 0 Å². The lowest BCUT2D eigenvalue weighted by atomic mass is 9.96. The average Bonchev–Trinajstić information content (AvgIpc) is 2.92. The SMILES string of the molecule is O=C(Nc1ccc(N=Nc2ccccc2)cc1)/C(=C/c1ccc(Br)cc1)c1cccc2ccccc12. The van der Waals surface area contributed by atoms with Crippen molar-refractivity contribution in [3.05, 3.63) is 137 Å². The minimum atomic E-state index is -0.187. The van der Waals surface area contributed by atoms with E-state index in [0.29, 0.717) is 16.9 Å². The summed E-state index contributed by atoms with van der Waals surface area (Å²) in [6.07, 6.45) is 1.92. The van der Waals surface area contributed by atoms with E-state index in [0.717, 1.165) is 32.1 Å². The number of azo groups is 1. The maximum Gasteiger partial charge on any atom is 0.256 e. The summed E-state index contributed by atoms with van der Waals surface area (Å²) in [6.45, 7) is 0. The highest BCUT2D eigenvalue weighted by atomic mass is 79.9. The van der Waals surface area contributed by atoms with Crippen molar-refractivity contribution in [2.45, 2.75) is 0 Å². The van der Waals surface area contributed by atoms with Crippen molar-refractivity contribution in [3.8, 4) is 0 Å². The molecule has 0 atom stereocenters. The van der Waals surface area contributed by atoms with Crippen LogP contribution in [0, 0.1) is 0 Å². The van der Waals surface area contributed by atoms with Crippen LogP contribution in [-0.2, 0) is 4.79 Å². The first kappa shape index (κ1) is 23.4. The molecule has 0 fully saturated rings. The molecule has 1 N–H and O–H groups in total. The predicted octanol–water partition coefficient (Wildman–Crippen LogP) is 9.20. The molecule has 0 aliphatic rings. The Kier molecular flexibility index (Phi) is 7.10. The highest BCUT2D eigenvalue weighted by Crippen LogP contribution is 2.29. The summed E-state index contributed by atoms with van der Waals surface area (Å²) in [7, 11) is 0. The highest BCUT2D eigenvalue weighted by molar-refractivity contribution is 9.10. The second-order valence-corrected chi connectivity index (χ2v) is 9.09. The molecule has 0 radical (unpaired) electrons. The Morgan fingerprint density at radius 2 is 1.31 bits per heavy atom. The van der Waals surface area contributed by atoms with Gasteiger partial charge >= 0.3 is 0 Å². The van der Waals surface area contributed by atoms with Gasteiger partial charge in [-0.05, 0) is 76.5 Å². The smallest absolute Gasteiger partial charge is 0.256 e. The van der Waals surface area contributed by atoms with Crippen LogP contribution in [0.15, 0.2) is 136 Å². The first-order valence-corrected chi connectivity index (χ1v) is 12.3. The zero-order valence-electron chi connectivity index (χ0n) is 19.3. The number of rotatable bonds is 6. The largest absolute Gasteiger partial charge is 0.322 e. The minimum absolute atomic E-state index is 0.187. The number of carbonyl (C=O) groups excluding carboxylic acids is 1. The molecule has 0 aromatic heterocycles. The molecule has 5 heteroatoms. The number of nitrogens with zero attached hydrogens (tertiary/aromatic N) is 2. The fourth-order valence-electron chi connectivity index (χ4n) is 3.87. The molecule has 4 nitrogen and oxygen atoms in total. The minimum Gasteiger partial charge on any atom is -0.322 e. The summed E-state index contributed by atoms with van der Waals surface area (Å²) in [6, 6.07) is 38.9. The molecule has 0 heterocycles. The third kappa shape index (κ3) is 5.65. The van der Waals surface area contributed by atoms with Crippen LogP contribution in [0.5, 0.6) is 0 Å². The van der Waals surface area contributed by atoms with Crippen LogP contribution in [-0.4, -0.2) is 5.91 Å². The van der Waals surface area contributed by atoms with E-state index < -0.39 is 0 Å². The van der Waals surface area contributed by atoms with Crippen LogP contribution in [0.1, 0.15) is 11.1 Å². The number of halogens is 1. The van der Waals surface area contributed by atoms with Crippen molar-refractivity contribution in [3.63, 3.8) is 0 Å². The van der Waals surface area contributed by atoms with Crippen LogP contribution >= 0.6 is 15.9 Å². The van der Waals surface area contributed by atoms with Crippen LogP contribution in [0.3, 0.4) is 0 Å². The lowest BCUT2D eigenvalue weighted by Crippen LogP contribution is -2.13. The van der Waals surface area contributed by atoms with Gasteiger partial charge in [-0.25, -0.2) is 0 Å². The summed E-state index contributed by atoms with van der Waals surface area (Å²) in [5.41, 5.74) is 4.57. The number of carbonyl (C=O) groups is 1. The predicted molar refractivity (Wildman–Crippen MR) is 152 cm³/mol. The zero-order valence-corrected chi connectivity index (χ0v) is 20.9. The summed E-state index contributed by atoms with van der Waals surface area (Å²) in [4.78, 5) is 13.6. The normalized spacial score (nSPS) is 11.6. The van der Waals surface area contributed by atoms with Gasteiger partial charge in [0, 0.05) is 15.7 Å². The Bertz CT molecular complexity index is 1550. The Morgan fingerprint density at radius 1 is 0.667 bits per heavy atom. The van der Waals surface area contributed by atoms with E-state index in [2.05, 4.69) is 43.6 Å². The standard InChI is InChI=1S/C31H22BrN3O/c32-24-15-13-22(14-16-24)21-30(29-12-6-8-23-7-4-5-11-28(23)29)31(36)33-25-17-19-27(20-18-25)35-34-26-9-2-1-3-10-26/h1-21H,(H,33,36)/b30-21+,35-34?. The van der Waals surface area contributed by atoms with Gasteiger partial charge in [0.1, 0.15) is 0 Å². The maximum absolute atomic E-state index is 13.6. The van der Waals surface area contributed by atoms with Gasteiger partial charge < -0.3 is 5.32 Å². The van der Waals surface area contributed by atoms with E-state index in [1.54, 1.807) is 0 Å². The number of nitrogens with one attached hydrogen (secondary N) is 1. The second kappa shape index (κ2) is 10.9. The van der Waals surface area contributed by atoms with Gasteiger partial charge in [-0.15, -0.1) is 0 Å². The van der Waals surface area contributed by atoms with Crippen molar-refractivity contribution in [2.75, 3.05) is 5.32 Å². The molecule has 5 rings (SSSR count). The van der Waals surface area contributed by atoms with Crippen molar-refractivity contribution >= 4 is 61.3 Å². The van der Waals surface area contributed by atoms with E-state index in [4.69, 9.17) is 0 Å². The monoisotopic (exact) mass is 531 g/mol. The van der Waals surface area contributed by atoms with Gasteiger partial charge in [0.25, 0.3) is 5.91 Å². The van der Waals surface area contributed by atoms with Gasteiger partial charge in [-0.3, -0.25) is 4.79 Å². The third-order valence-electron chi connectivity index (χ3n) is 5.67. The molecule has 174 valence electrons. The quantitative estimate of drug-likeness (QED) is 0.132. The molecule has 0 spiro atoms. The van der Waals surface area contributed by atoms with Crippen LogP contribution in [0.4, 0.5) is 17.1 Å². The topological polar surface area (TPSA) is 53.8 Å². The molecule has 0 unspecified atom stereocenters. The number of amides is 1. The Morgan fingerprint density at radius 3 is 2.06 bits per heavy atom. The molecule has 5 aromatic rings. The van der Waals surface area contributed by atoms with Gasteiger partial charge in [-0.2, -0.15) is 10.2 Å². The van der Waals surface area contributed by atoms with E-state index in [1.165, 1.54) is 0 Å². The number of anilines is 1. The number of benzene rings is 5. The maximum atomic E-state index is 13.6. The molecule has 0 saturated heterocycles. The second-order valence-electron chi connectivity index (χ2n) is 8.17. The number of hydrogen-bond donors (Lipinski definition) is 1. The van der Waals surface area contributed by atoms with Crippen LogP contribution in [0.25, 0.3) is 22.4 Å². The zero-order chi connectivity index (χ0) is 24.7. The molecule has 0 aliphatic carbocycles. The molecular formula is C31H22BrN3O. The fraction of sp³-hybridized carbons (Fsp3) is 0. The first-order chi connectivity index (χ1) is 17.7. The highest BCUT2D eigenvalue weighted by Gasteiger charge is 2.15. The van der Waals surface area contributed by atoms with Crippen molar-refractivity contribution in [1.82, 2.24) is 0 Å². The molecule has 5 aromatic carbocycles. The number of fused-ring (bicyclic) bond motifs is 1. The molecule has 0 saturated carbocycles. The van der Waals surface area contributed by atoms with E-state index in [1.807, 2.05) is 115 Å².